The van der Waals surface area contributed by atoms with Crippen LogP contribution in [0, 0.1) is 5.82 Å². The van der Waals surface area contributed by atoms with E-state index in [9.17, 15) is 9.18 Å². The van der Waals surface area contributed by atoms with Gasteiger partial charge in [0, 0.05) is 42.1 Å². The van der Waals surface area contributed by atoms with Crippen molar-refractivity contribution in [3.8, 4) is 11.1 Å². The van der Waals surface area contributed by atoms with E-state index >= 15 is 0 Å². The number of halogens is 1. The Labute approximate surface area is 173 Å². The minimum atomic E-state index is -0.370. The Morgan fingerprint density at radius 2 is 1.97 bits per heavy atom. The highest BCUT2D eigenvalue weighted by molar-refractivity contribution is 7.97. The molecule has 0 fully saturated rings. The number of benzene rings is 1. The van der Waals surface area contributed by atoms with Crippen molar-refractivity contribution in [3.05, 3.63) is 59.8 Å². The largest absolute Gasteiger partial charge is 0.329 e. The van der Waals surface area contributed by atoms with Crippen LogP contribution in [0.5, 0.6) is 0 Å². The monoisotopic (exact) mass is 411 g/mol. The molecule has 4 rings (SSSR count). The lowest BCUT2D eigenvalue weighted by Gasteiger charge is -2.17. The molecule has 2 N–H and O–H groups in total. The first-order valence-electron chi connectivity index (χ1n) is 9.56. The van der Waals surface area contributed by atoms with Crippen LogP contribution >= 0.6 is 11.9 Å². The second kappa shape index (κ2) is 8.24. The van der Waals surface area contributed by atoms with Gasteiger partial charge < -0.3 is 5.32 Å². The number of carbonyl (C=O) groups is 1. The van der Waals surface area contributed by atoms with E-state index in [2.05, 4.69) is 20.1 Å². The number of nitrogens with zero attached hydrogens (tertiary/aromatic N) is 3. The van der Waals surface area contributed by atoms with Gasteiger partial charge in [0.15, 0.2) is 0 Å². The zero-order chi connectivity index (χ0) is 20.4. The van der Waals surface area contributed by atoms with Crippen LogP contribution in [0.2, 0.25) is 0 Å². The molecule has 2 amide bonds. The average Bonchev–Trinajstić information content (AvgIpc) is 3.39. The molecule has 0 saturated heterocycles. The van der Waals surface area contributed by atoms with Crippen molar-refractivity contribution in [2.24, 2.45) is 0 Å². The maximum atomic E-state index is 14.6. The number of anilines is 1. The number of urea groups is 1. The van der Waals surface area contributed by atoms with Gasteiger partial charge in [0.1, 0.15) is 10.8 Å². The molecule has 2 aromatic heterocycles. The van der Waals surface area contributed by atoms with Crippen molar-refractivity contribution in [3.63, 3.8) is 0 Å². The summed E-state index contributed by atoms with van der Waals surface area (Å²) >= 11 is 1.15. The van der Waals surface area contributed by atoms with Crippen molar-refractivity contribution in [1.29, 1.82) is 0 Å². The summed E-state index contributed by atoms with van der Waals surface area (Å²) in [6, 6.07) is 6.86. The van der Waals surface area contributed by atoms with Crippen LogP contribution in [0.4, 0.5) is 14.9 Å². The van der Waals surface area contributed by atoms with Gasteiger partial charge in [-0.15, -0.1) is 0 Å². The number of pyridine rings is 1. The van der Waals surface area contributed by atoms with E-state index in [4.69, 9.17) is 0 Å². The molecule has 0 radical (unpaired) electrons. The molecule has 1 aliphatic carbocycles. The van der Waals surface area contributed by atoms with Gasteiger partial charge in [0.05, 0.1) is 5.69 Å². The topological polar surface area (TPSA) is 71.8 Å². The van der Waals surface area contributed by atoms with Crippen molar-refractivity contribution < 1.29 is 9.18 Å². The molecule has 150 valence electrons. The number of rotatable bonds is 5. The lowest BCUT2D eigenvalue weighted by atomic mass is 9.97. The van der Waals surface area contributed by atoms with Crippen molar-refractivity contribution in [2.45, 2.75) is 44.2 Å². The highest BCUT2D eigenvalue weighted by Crippen LogP contribution is 2.39. The van der Waals surface area contributed by atoms with Gasteiger partial charge in [-0.3, -0.25) is 14.4 Å². The van der Waals surface area contributed by atoms with Gasteiger partial charge in [-0.1, -0.05) is 0 Å². The first-order valence-corrected chi connectivity index (χ1v) is 10.4. The van der Waals surface area contributed by atoms with Gasteiger partial charge >= 0.3 is 6.03 Å². The fourth-order valence-corrected chi connectivity index (χ4v) is 4.05. The number of nitrogens with one attached hydrogen (secondary N) is 2. The van der Waals surface area contributed by atoms with Crippen LogP contribution in [-0.2, 0) is 12.8 Å². The molecule has 0 bridgehead atoms. The number of carbonyl (C=O) groups excluding carboxylic acids is 1. The first kappa shape index (κ1) is 19.4. The molecule has 0 aliphatic heterocycles. The Morgan fingerprint density at radius 1 is 1.21 bits per heavy atom. The Bertz CT molecular complexity index is 1040. The molecule has 1 aliphatic rings. The van der Waals surface area contributed by atoms with Crippen molar-refractivity contribution in [2.75, 3.05) is 5.32 Å². The minimum absolute atomic E-state index is 0.219. The lowest BCUT2D eigenvalue weighted by molar-refractivity contribution is 0.257. The SMILES string of the molecule is CC(C)n1ccc(SNC(=O)Nc2c(-c3ccncc3)cc(F)c3c2CCC3)n1. The highest BCUT2D eigenvalue weighted by Gasteiger charge is 2.24. The number of fused-ring (bicyclic) bond motifs is 1. The molecule has 0 spiro atoms. The van der Waals surface area contributed by atoms with Crippen LogP contribution in [0.1, 0.15) is 37.4 Å². The zero-order valence-corrected chi connectivity index (χ0v) is 17.1. The Kier molecular flexibility index (Phi) is 5.53. The molecule has 1 aromatic carbocycles. The molecule has 29 heavy (non-hydrogen) atoms. The normalized spacial score (nSPS) is 12.8. The van der Waals surface area contributed by atoms with E-state index in [1.54, 1.807) is 12.4 Å². The second-order valence-corrected chi connectivity index (χ2v) is 8.04. The van der Waals surface area contributed by atoms with E-state index in [0.717, 1.165) is 35.9 Å². The van der Waals surface area contributed by atoms with Gasteiger partial charge in [-0.25, -0.2) is 9.18 Å². The zero-order valence-electron chi connectivity index (χ0n) is 16.3. The molecule has 6 nitrogen and oxygen atoms in total. The highest BCUT2D eigenvalue weighted by atomic mass is 32.2. The molecular weight excluding hydrogens is 389 g/mol. The Balaban J connectivity index is 1.57. The fourth-order valence-electron chi connectivity index (χ4n) is 3.53. The summed E-state index contributed by atoms with van der Waals surface area (Å²) < 4.78 is 19.2. The minimum Gasteiger partial charge on any atom is -0.306 e. The molecule has 0 unspecified atom stereocenters. The van der Waals surface area contributed by atoms with Crippen LogP contribution < -0.4 is 10.0 Å². The fraction of sp³-hybridized carbons (Fsp3) is 0.286. The predicted molar refractivity (Wildman–Crippen MR) is 112 cm³/mol. The molecule has 8 heteroatoms. The van der Waals surface area contributed by atoms with E-state index in [1.165, 1.54) is 6.07 Å². The Morgan fingerprint density at radius 3 is 2.69 bits per heavy atom. The summed E-state index contributed by atoms with van der Waals surface area (Å²) in [5.74, 6) is -0.219. The molecular formula is C21H22FN5OS. The van der Waals surface area contributed by atoms with Gasteiger partial charge in [-0.2, -0.15) is 5.10 Å². The van der Waals surface area contributed by atoms with E-state index in [-0.39, 0.29) is 17.9 Å². The van der Waals surface area contributed by atoms with Crippen LogP contribution in [-0.4, -0.2) is 20.8 Å². The van der Waals surface area contributed by atoms with Crippen LogP contribution in [0.3, 0.4) is 0 Å². The van der Waals surface area contributed by atoms with Crippen molar-refractivity contribution in [1.82, 2.24) is 19.5 Å². The van der Waals surface area contributed by atoms with Crippen molar-refractivity contribution >= 4 is 23.7 Å². The number of amides is 2. The third kappa shape index (κ3) is 4.12. The number of aromatic nitrogens is 3. The smallest absolute Gasteiger partial charge is 0.306 e. The van der Waals surface area contributed by atoms with Crippen LogP contribution in [0.15, 0.2) is 47.9 Å². The van der Waals surface area contributed by atoms with Gasteiger partial charge in [0.25, 0.3) is 0 Å². The summed E-state index contributed by atoms with van der Waals surface area (Å²) in [5.41, 5.74) is 3.71. The first-order chi connectivity index (χ1) is 14.0. The third-order valence-corrected chi connectivity index (χ3v) is 5.65. The predicted octanol–water partition coefficient (Wildman–Crippen LogP) is 4.98. The van der Waals surface area contributed by atoms with E-state index < -0.39 is 0 Å². The lowest BCUT2D eigenvalue weighted by Crippen LogP contribution is -2.24. The molecule has 0 saturated carbocycles. The quantitative estimate of drug-likeness (QED) is 0.581. The van der Waals surface area contributed by atoms with Gasteiger partial charge in [-0.05, 0) is 74.1 Å². The summed E-state index contributed by atoms with van der Waals surface area (Å²) in [5, 5.41) is 8.05. The maximum Gasteiger partial charge on any atom is 0.329 e. The molecule has 0 atom stereocenters. The molecule has 3 aromatic rings. The standard InChI is InChI=1S/C21H22FN5OS/c1-13(2)27-11-8-19(25-27)29-26-21(28)24-20-16-5-3-4-15(16)18(22)12-17(20)14-6-9-23-10-7-14/h6-13H,3-5H2,1-2H3,(H2,24,26,28). The number of hydrogen-bond acceptors (Lipinski definition) is 4. The number of hydrogen-bond donors (Lipinski definition) is 2. The summed E-state index contributed by atoms with van der Waals surface area (Å²) in [7, 11) is 0. The summed E-state index contributed by atoms with van der Waals surface area (Å²) in [6.45, 7) is 4.08. The van der Waals surface area contributed by atoms with E-state index in [1.807, 2.05) is 42.9 Å². The van der Waals surface area contributed by atoms with E-state index in [0.29, 0.717) is 28.3 Å². The summed E-state index contributed by atoms with van der Waals surface area (Å²) in [6.07, 6.45) is 7.50. The third-order valence-electron chi connectivity index (χ3n) is 4.94. The van der Waals surface area contributed by atoms with Gasteiger partial charge in [0.2, 0.25) is 0 Å². The summed E-state index contributed by atoms with van der Waals surface area (Å²) in [4.78, 5) is 16.6. The second-order valence-electron chi connectivity index (χ2n) is 7.21. The maximum absolute atomic E-state index is 14.6. The van der Waals surface area contributed by atoms with Crippen LogP contribution in [0.25, 0.3) is 11.1 Å². The molecule has 2 heterocycles. The average molecular weight is 412 g/mol. The Hall–Kier alpha value is -2.87.